The number of carbonyl (C=O) groups excluding carboxylic acids is 2. The van der Waals surface area contributed by atoms with E-state index in [0.29, 0.717) is 9.59 Å². The van der Waals surface area contributed by atoms with Gasteiger partial charge >= 0.3 is 18.1 Å². The molecule has 154 valence electrons. The van der Waals surface area contributed by atoms with Gasteiger partial charge in [-0.15, -0.1) is 0 Å². The number of rotatable bonds is 4. The molecule has 2 aromatic rings. The number of esters is 2. The first-order valence-corrected chi connectivity index (χ1v) is 9.17. The van der Waals surface area contributed by atoms with Crippen molar-refractivity contribution in [3.63, 3.8) is 0 Å². The van der Waals surface area contributed by atoms with Crippen molar-refractivity contribution in [3.8, 4) is 17.3 Å². The fraction of sp³-hybridized carbons (Fsp3) is 0.278. The second-order valence-corrected chi connectivity index (χ2v) is 7.18. The van der Waals surface area contributed by atoms with Crippen molar-refractivity contribution in [1.29, 1.82) is 5.26 Å². The van der Waals surface area contributed by atoms with Crippen LogP contribution in [-0.4, -0.2) is 22.6 Å². The molecule has 11 heteroatoms. The molecule has 0 atom stereocenters. The zero-order valence-corrected chi connectivity index (χ0v) is 17.4. The van der Waals surface area contributed by atoms with Gasteiger partial charge in [-0.3, -0.25) is 0 Å². The monoisotopic (exact) mass is 492 g/mol. The van der Waals surface area contributed by atoms with Gasteiger partial charge in [0, 0.05) is 5.02 Å². The Morgan fingerprint density at radius 2 is 1.83 bits per heavy atom. The molecular weight excluding hydrogens is 481 g/mol. The van der Waals surface area contributed by atoms with Crippen LogP contribution in [0.5, 0.6) is 0 Å². The van der Waals surface area contributed by atoms with Crippen LogP contribution in [0, 0.1) is 11.3 Å². The Balaban J connectivity index is 2.56. The van der Waals surface area contributed by atoms with Gasteiger partial charge in [0.05, 0.1) is 21.8 Å². The summed E-state index contributed by atoms with van der Waals surface area (Å²) in [7, 11) is 0. The van der Waals surface area contributed by atoms with Crippen LogP contribution in [-0.2, 0) is 32.0 Å². The van der Waals surface area contributed by atoms with E-state index in [1.165, 1.54) is 38.1 Å². The van der Waals surface area contributed by atoms with Crippen LogP contribution >= 0.6 is 27.5 Å². The fourth-order valence-corrected chi connectivity index (χ4v) is 3.29. The van der Waals surface area contributed by atoms with Crippen LogP contribution in [0.15, 0.2) is 28.7 Å². The maximum absolute atomic E-state index is 13.7. The van der Waals surface area contributed by atoms with Gasteiger partial charge in [-0.25, -0.2) is 9.59 Å². The Bertz CT molecular complexity index is 979. The molecule has 0 spiro atoms. The average Bonchev–Trinajstić information content (AvgIpc) is 2.91. The van der Waals surface area contributed by atoms with E-state index < -0.39 is 41.1 Å². The summed E-state index contributed by atoms with van der Waals surface area (Å²) in [5, 5.41) is 9.75. The van der Waals surface area contributed by atoms with Gasteiger partial charge in [-0.2, -0.15) is 18.4 Å². The summed E-state index contributed by atoms with van der Waals surface area (Å²) < 4.78 is 50.4. The highest BCUT2D eigenvalue weighted by molar-refractivity contribution is 9.10. The molecule has 0 unspecified atom stereocenters. The van der Waals surface area contributed by atoms with E-state index in [9.17, 15) is 28.0 Å². The number of hydrogen-bond donors (Lipinski definition) is 0. The number of benzene rings is 1. The topological polar surface area (TPSA) is 81.3 Å². The lowest BCUT2D eigenvalue weighted by molar-refractivity contribution is -0.173. The molecule has 0 aliphatic carbocycles. The molecule has 29 heavy (non-hydrogen) atoms. The fourth-order valence-electron chi connectivity index (χ4n) is 2.45. The first-order chi connectivity index (χ1) is 13.5. The summed E-state index contributed by atoms with van der Waals surface area (Å²) in [5.41, 5.74) is -1.50. The first-order valence-electron chi connectivity index (χ1n) is 8.00. The molecule has 2 rings (SSSR count). The van der Waals surface area contributed by atoms with Gasteiger partial charge in [-0.05, 0) is 47.5 Å². The third-order valence-electron chi connectivity index (χ3n) is 3.54. The maximum Gasteiger partial charge on any atom is 0.432 e. The molecule has 0 fully saturated rings. The quantitative estimate of drug-likeness (QED) is 0.446. The Hall–Kier alpha value is -2.51. The molecule has 0 radical (unpaired) electrons. The van der Waals surface area contributed by atoms with Crippen LogP contribution in [0.25, 0.3) is 11.3 Å². The van der Waals surface area contributed by atoms with Gasteiger partial charge in [0.2, 0.25) is 0 Å². The maximum atomic E-state index is 13.7. The highest BCUT2D eigenvalue weighted by Crippen LogP contribution is 2.43. The van der Waals surface area contributed by atoms with E-state index in [4.69, 9.17) is 16.3 Å². The lowest BCUT2D eigenvalue weighted by Crippen LogP contribution is -2.25. The predicted octanol–water partition coefficient (Wildman–Crippen LogP) is 4.91. The average molecular weight is 494 g/mol. The van der Waals surface area contributed by atoms with Crippen molar-refractivity contribution >= 4 is 39.5 Å². The number of nitrogens with zero attached hydrogens (tertiary/aromatic N) is 2. The molecule has 0 saturated carbocycles. The highest BCUT2D eigenvalue weighted by Gasteiger charge is 2.41. The molecule has 0 amide bonds. The second kappa shape index (κ2) is 8.88. The molecule has 6 nitrogen and oxygen atoms in total. The van der Waals surface area contributed by atoms with Crippen LogP contribution < -0.4 is 0 Å². The molecule has 1 aromatic heterocycles. The normalized spacial score (nSPS) is 11.3. The number of aromatic nitrogens is 1. The van der Waals surface area contributed by atoms with E-state index in [2.05, 4.69) is 20.7 Å². The number of carbonyl (C=O) groups is 2. The summed E-state index contributed by atoms with van der Waals surface area (Å²) in [5.74, 6) is -2.80. The molecule has 1 aromatic carbocycles. The second-order valence-electron chi connectivity index (χ2n) is 5.95. The van der Waals surface area contributed by atoms with Gasteiger partial charge < -0.3 is 14.0 Å². The van der Waals surface area contributed by atoms with E-state index in [1.807, 2.05) is 0 Å². The van der Waals surface area contributed by atoms with Gasteiger partial charge in [0.1, 0.15) is 11.8 Å². The smallest absolute Gasteiger partial charge is 0.432 e. The van der Waals surface area contributed by atoms with Crippen LogP contribution in [0.3, 0.4) is 0 Å². The SMILES string of the molecule is CC(C)OC(=O)C(=O)OCn1c(-c2ccc(Cl)cc2)c(C#N)c(Br)c1C(F)(F)F. The predicted molar refractivity (Wildman–Crippen MR) is 99.6 cm³/mol. The van der Waals surface area contributed by atoms with E-state index in [-0.39, 0.29) is 16.8 Å². The highest BCUT2D eigenvalue weighted by atomic mass is 79.9. The van der Waals surface area contributed by atoms with Crippen LogP contribution in [0.4, 0.5) is 13.2 Å². The minimum Gasteiger partial charge on any atom is -0.455 e. The molecule has 0 aliphatic heterocycles. The Kier molecular flexibility index (Phi) is 6.97. The molecule has 0 N–H and O–H groups in total. The van der Waals surface area contributed by atoms with E-state index >= 15 is 0 Å². The summed E-state index contributed by atoms with van der Waals surface area (Å²) >= 11 is 8.63. The third-order valence-corrected chi connectivity index (χ3v) is 4.56. The van der Waals surface area contributed by atoms with Gasteiger partial charge in [0.15, 0.2) is 6.73 Å². The van der Waals surface area contributed by atoms with Crippen molar-refractivity contribution in [2.45, 2.75) is 32.9 Å². The van der Waals surface area contributed by atoms with Crippen molar-refractivity contribution in [1.82, 2.24) is 4.57 Å². The molecule has 0 saturated heterocycles. The molecule has 0 aliphatic rings. The minimum atomic E-state index is -4.89. The molecule has 1 heterocycles. The number of ether oxygens (including phenoxy) is 2. The lowest BCUT2D eigenvalue weighted by atomic mass is 10.1. The third kappa shape index (κ3) is 5.10. The summed E-state index contributed by atoms with van der Waals surface area (Å²) in [6.07, 6.45) is -5.50. The molecule has 0 bridgehead atoms. The summed E-state index contributed by atoms with van der Waals surface area (Å²) in [6, 6.07) is 7.41. The Labute approximate surface area is 176 Å². The number of nitriles is 1. The van der Waals surface area contributed by atoms with Crippen molar-refractivity contribution in [3.05, 3.63) is 45.0 Å². The van der Waals surface area contributed by atoms with Gasteiger partial charge in [0.25, 0.3) is 0 Å². The van der Waals surface area contributed by atoms with Crippen molar-refractivity contribution in [2.75, 3.05) is 0 Å². The summed E-state index contributed by atoms with van der Waals surface area (Å²) in [6.45, 7) is 2.01. The van der Waals surface area contributed by atoms with Crippen molar-refractivity contribution in [2.24, 2.45) is 0 Å². The van der Waals surface area contributed by atoms with Crippen LogP contribution in [0.2, 0.25) is 5.02 Å². The van der Waals surface area contributed by atoms with E-state index in [0.717, 1.165) is 0 Å². The van der Waals surface area contributed by atoms with Crippen LogP contribution in [0.1, 0.15) is 25.1 Å². The zero-order valence-electron chi connectivity index (χ0n) is 15.0. The standard InChI is InChI=1S/C18H13BrClF3N2O4/c1-9(2)29-17(27)16(26)28-8-25-14(10-3-5-11(20)6-4-10)12(7-24)13(19)15(25)18(21,22)23/h3-6,9H,8H2,1-2H3. The van der Waals surface area contributed by atoms with Crippen molar-refractivity contribution < 1.29 is 32.2 Å². The van der Waals surface area contributed by atoms with E-state index in [1.54, 1.807) is 6.07 Å². The number of halogens is 5. The molecular formula is C18H13BrClF3N2O4. The number of hydrogen-bond acceptors (Lipinski definition) is 5. The largest absolute Gasteiger partial charge is 0.455 e. The zero-order chi connectivity index (χ0) is 21.9. The Morgan fingerprint density at radius 1 is 1.24 bits per heavy atom. The minimum absolute atomic E-state index is 0.159. The first kappa shape index (κ1) is 22.8. The van der Waals surface area contributed by atoms with Gasteiger partial charge in [-0.1, -0.05) is 23.7 Å². The number of alkyl halides is 3. The Morgan fingerprint density at radius 3 is 2.31 bits per heavy atom. The lowest BCUT2D eigenvalue weighted by Gasteiger charge is -2.16. The summed E-state index contributed by atoms with van der Waals surface area (Å²) in [4.78, 5) is 23.4.